The first-order valence-electron chi connectivity index (χ1n) is 7.88. The number of nitrogens with two attached hydrogens (primary N) is 1. The maximum absolute atomic E-state index is 12.4. The van der Waals surface area contributed by atoms with Crippen molar-refractivity contribution in [2.45, 2.75) is 46.1 Å². The third-order valence-electron chi connectivity index (χ3n) is 3.58. The Hall–Kier alpha value is -2.37. The van der Waals surface area contributed by atoms with Crippen LogP contribution in [-0.4, -0.2) is 30.4 Å². The number of carbonyl (C=O) groups is 3. The second-order valence-corrected chi connectivity index (χ2v) is 7.10. The average Bonchev–Trinajstić information content (AvgIpc) is 2.48. The highest BCUT2D eigenvalue weighted by atomic mass is 16.5. The molecule has 0 saturated carbocycles. The number of primary amides is 1. The first-order chi connectivity index (χ1) is 11.0. The topological polar surface area (TPSA) is 98.5 Å². The standard InChI is InChI=1S/C18H26N2O4/c1-11(2)15(17(23)24-10-14(19)21)20-16(22)12-6-8-13(9-7-12)18(3,4)5/h6-9,11,15H,10H2,1-5H3,(H2,19,21)(H,20,22)/t15-/m1/s1. The summed E-state index contributed by atoms with van der Waals surface area (Å²) < 4.78 is 4.80. The van der Waals surface area contributed by atoms with Crippen LogP contribution >= 0.6 is 0 Å². The van der Waals surface area contributed by atoms with E-state index >= 15 is 0 Å². The van der Waals surface area contributed by atoms with Gasteiger partial charge in [0.05, 0.1) is 0 Å². The van der Waals surface area contributed by atoms with Gasteiger partial charge in [-0.3, -0.25) is 9.59 Å². The molecule has 1 atom stereocenters. The summed E-state index contributed by atoms with van der Waals surface area (Å²) in [6.07, 6.45) is 0. The third-order valence-corrected chi connectivity index (χ3v) is 3.58. The molecule has 1 aromatic rings. The van der Waals surface area contributed by atoms with Crippen LogP contribution in [0.1, 0.15) is 50.5 Å². The summed E-state index contributed by atoms with van der Waals surface area (Å²) in [7, 11) is 0. The normalized spacial score (nSPS) is 12.6. The molecule has 0 bridgehead atoms. The molecule has 0 aliphatic heterocycles. The van der Waals surface area contributed by atoms with Crippen molar-refractivity contribution in [1.82, 2.24) is 5.32 Å². The van der Waals surface area contributed by atoms with Crippen LogP contribution in [-0.2, 0) is 19.7 Å². The lowest BCUT2D eigenvalue weighted by Crippen LogP contribution is -2.46. The summed E-state index contributed by atoms with van der Waals surface area (Å²) in [5.41, 5.74) is 6.52. The SMILES string of the molecule is CC(C)[C@@H](NC(=O)c1ccc(C(C)(C)C)cc1)C(=O)OCC(N)=O. The molecule has 2 amide bonds. The number of carbonyl (C=O) groups excluding carboxylic acids is 3. The summed E-state index contributed by atoms with van der Waals surface area (Å²) in [5, 5.41) is 2.65. The molecule has 0 spiro atoms. The number of esters is 1. The molecular weight excluding hydrogens is 308 g/mol. The lowest BCUT2D eigenvalue weighted by molar-refractivity contribution is -0.150. The van der Waals surface area contributed by atoms with E-state index in [4.69, 9.17) is 10.5 Å². The Kier molecular flexibility index (Phi) is 6.51. The number of hydrogen-bond acceptors (Lipinski definition) is 4. The van der Waals surface area contributed by atoms with E-state index in [9.17, 15) is 14.4 Å². The third kappa shape index (κ3) is 5.68. The predicted octanol–water partition coefficient (Wildman–Crippen LogP) is 1.77. The van der Waals surface area contributed by atoms with Gasteiger partial charge in [-0.2, -0.15) is 0 Å². The molecule has 0 heterocycles. The Morgan fingerprint density at radius 2 is 1.67 bits per heavy atom. The number of amides is 2. The van der Waals surface area contributed by atoms with E-state index in [2.05, 4.69) is 26.1 Å². The monoisotopic (exact) mass is 334 g/mol. The zero-order chi connectivity index (χ0) is 18.5. The maximum atomic E-state index is 12.4. The second kappa shape index (κ2) is 7.95. The fourth-order valence-corrected chi connectivity index (χ4v) is 2.08. The number of hydrogen-bond donors (Lipinski definition) is 2. The zero-order valence-corrected chi connectivity index (χ0v) is 14.9. The molecule has 0 unspecified atom stereocenters. The van der Waals surface area contributed by atoms with Crippen molar-refractivity contribution in [2.75, 3.05) is 6.61 Å². The van der Waals surface area contributed by atoms with Crippen molar-refractivity contribution >= 4 is 17.8 Å². The van der Waals surface area contributed by atoms with Crippen LogP contribution in [0.25, 0.3) is 0 Å². The Morgan fingerprint density at radius 3 is 2.08 bits per heavy atom. The van der Waals surface area contributed by atoms with Gasteiger partial charge in [-0.05, 0) is 29.0 Å². The second-order valence-electron chi connectivity index (χ2n) is 7.10. The Labute approximate surface area is 142 Å². The quantitative estimate of drug-likeness (QED) is 0.775. The van der Waals surface area contributed by atoms with Gasteiger partial charge in [0.2, 0.25) is 0 Å². The van der Waals surface area contributed by atoms with Crippen molar-refractivity contribution in [3.63, 3.8) is 0 Å². The lowest BCUT2D eigenvalue weighted by atomic mass is 9.86. The fourth-order valence-electron chi connectivity index (χ4n) is 2.08. The van der Waals surface area contributed by atoms with Crippen LogP contribution in [0.4, 0.5) is 0 Å². The van der Waals surface area contributed by atoms with Gasteiger partial charge in [-0.1, -0.05) is 46.8 Å². The minimum absolute atomic E-state index is 0.00591. The molecule has 1 rings (SSSR count). The van der Waals surface area contributed by atoms with E-state index in [-0.39, 0.29) is 17.2 Å². The van der Waals surface area contributed by atoms with Gasteiger partial charge in [0, 0.05) is 5.56 Å². The highest BCUT2D eigenvalue weighted by Crippen LogP contribution is 2.22. The van der Waals surface area contributed by atoms with E-state index in [1.165, 1.54) is 0 Å². The molecule has 3 N–H and O–H groups in total. The van der Waals surface area contributed by atoms with Crippen LogP contribution in [0.3, 0.4) is 0 Å². The van der Waals surface area contributed by atoms with Crippen LogP contribution in [0, 0.1) is 5.92 Å². The summed E-state index contributed by atoms with van der Waals surface area (Å²) in [6.45, 7) is 9.32. The first-order valence-corrected chi connectivity index (χ1v) is 7.88. The van der Waals surface area contributed by atoms with Gasteiger partial charge >= 0.3 is 5.97 Å². The van der Waals surface area contributed by atoms with Crippen LogP contribution < -0.4 is 11.1 Å². The Morgan fingerprint density at radius 1 is 1.12 bits per heavy atom. The van der Waals surface area contributed by atoms with Gasteiger partial charge in [0.25, 0.3) is 11.8 Å². The molecule has 0 aromatic heterocycles. The van der Waals surface area contributed by atoms with E-state index in [0.29, 0.717) is 5.56 Å². The molecule has 0 fully saturated rings. The number of rotatable bonds is 6. The van der Waals surface area contributed by atoms with E-state index in [1.54, 1.807) is 26.0 Å². The number of nitrogens with one attached hydrogen (secondary N) is 1. The van der Waals surface area contributed by atoms with E-state index in [1.807, 2.05) is 12.1 Å². The highest BCUT2D eigenvalue weighted by molar-refractivity contribution is 5.97. The summed E-state index contributed by atoms with van der Waals surface area (Å²) in [6, 6.07) is 6.39. The Bertz CT molecular complexity index is 600. The average molecular weight is 334 g/mol. The molecule has 24 heavy (non-hydrogen) atoms. The minimum Gasteiger partial charge on any atom is -0.454 e. The van der Waals surface area contributed by atoms with Gasteiger partial charge in [0.15, 0.2) is 6.61 Å². The van der Waals surface area contributed by atoms with Crippen LogP contribution in [0.15, 0.2) is 24.3 Å². The summed E-state index contributed by atoms with van der Waals surface area (Å²) in [4.78, 5) is 35.1. The summed E-state index contributed by atoms with van der Waals surface area (Å²) in [5.74, 6) is -1.98. The minimum atomic E-state index is -0.848. The molecule has 0 saturated heterocycles. The van der Waals surface area contributed by atoms with Crippen molar-refractivity contribution in [3.05, 3.63) is 35.4 Å². The molecule has 6 heteroatoms. The van der Waals surface area contributed by atoms with Gasteiger partial charge < -0.3 is 15.8 Å². The van der Waals surface area contributed by atoms with Crippen molar-refractivity contribution in [2.24, 2.45) is 11.7 Å². The molecular formula is C18H26N2O4. The van der Waals surface area contributed by atoms with Gasteiger partial charge in [0.1, 0.15) is 6.04 Å². The van der Waals surface area contributed by atoms with Gasteiger partial charge in [-0.25, -0.2) is 4.79 Å². The lowest BCUT2D eigenvalue weighted by Gasteiger charge is -2.21. The first kappa shape index (κ1) is 19.7. The molecule has 1 aromatic carbocycles. The number of benzene rings is 1. The molecule has 0 radical (unpaired) electrons. The maximum Gasteiger partial charge on any atom is 0.329 e. The number of ether oxygens (including phenoxy) is 1. The predicted molar refractivity (Wildman–Crippen MR) is 91.4 cm³/mol. The van der Waals surface area contributed by atoms with Crippen molar-refractivity contribution in [3.8, 4) is 0 Å². The smallest absolute Gasteiger partial charge is 0.329 e. The highest BCUT2D eigenvalue weighted by Gasteiger charge is 2.26. The van der Waals surface area contributed by atoms with Gasteiger partial charge in [-0.15, -0.1) is 0 Å². The van der Waals surface area contributed by atoms with E-state index in [0.717, 1.165) is 5.56 Å². The van der Waals surface area contributed by atoms with Crippen molar-refractivity contribution < 1.29 is 19.1 Å². The van der Waals surface area contributed by atoms with Crippen molar-refractivity contribution in [1.29, 1.82) is 0 Å². The van der Waals surface area contributed by atoms with Crippen LogP contribution in [0.5, 0.6) is 0 Å². The molecule has 6 nitrogen and oxygen atoms in total. The van der Waals surface area contributed by atoms with Crippen LogP contribution in [0.2, 0.25) is 0 Å². The largest absolute Gasteiger partial charge is 0.454 e. The van der Waals surface area contributed by atoms with E-state index < -0.39 is 24.5 Å². The molecule has 0 aliphatic rings. The molecule has 132 valence electrons. The zero-order valence-electron chi connectivity index (χ0n) is 14.9. The summed E-state index contributed by atoms with van der Waals surface area (Å²) >= 11 is 0. The fraction of sp³-hybridized carbons (Fsp3) is 0.500. The molecule has 0 aliphatic carbocycles. The Balaban J connectivity index is 2.82.